The molecule has 0 aromatic rings. The molecule has 2 aliphatic rings. The topological polar surface area (TPSA) is 47.6 Å². The van der Waals surface area contributed by atoms with Crippen LogP contribution in [0.25, 0.3) is 0 Å². The van der Waals surface area contributed by atoms with Gasteiger partial charge in [-0.15, -0.1) is 0 Å². The molecule has 1 aliphatic carbocycles. The second-order valence-corrected chi connectivity index (χ2v) is 6.79. The Bertz CT molecular complexity index is 313. The van der Waals surface area contributed by atoms with Crippen LogP contribution in [0.3, 0.4) is 0 Å². The fourth-order valence-corrected chi connectivity index (χ4v) is 3.43. The Morgan fingerprint density at radius 3 is 2.80 bits per heavy atom. The number of hydrogen-bond donors (Lipinski definition) is 1. The molecule has 1 aliphatic heterocycles. The zero-order valence-corrected chi connectivity index (χ0v) is 13.1. The van der Waals surface area contributed by atoms with Crippen LogP contribution in [0.1, 0.15) is 52.9 Å². The average molecular weight is 283 g/mol. The zero-order chi connectivity index (χ0) is 14.5. The summed E-state index contributed by atoms with van der Waals surface area (Å²) in [6, 6.07) is 0. The van der Waals surface area contributed by atoms with Crippen molar-refractivity contribution in [1.29, 1.82) is 0 Å². The summed E-state index contributed by atoms with van der Waals surface area (Å²) in [4.78, 5) is 12.0. The number of carbonyl (C=O) groups excluding carboxylic acids is 1. The smallest absolute Gasteiger partial charge is 0.407 e. The highest BCUT2D eigenvalue weighted by Crippen LogP contribution is 2.35. The standard InChI is InChI=1S/C16H29NO3/c1-11(2)14-7-6-12(3)9-15(14)20-16(18)17-10-13-5-4-8-19-13/h11-15H,4-10H2,1-3H3,(H,17,18)/t12-,13?,14+,15+/m1/s1. The molecule has 1 saturated carbocycles. The number of carbonyl (C=O) groups is 1. The molecule has 4 atom stereocenters. The van der Waals surface area contributed by atoms with E-state index in [9.17, 15) is 4.79 Å². The van der Waals surface area contributed by atoms with Crippen LogP contribution in [0.15, 0.2) is 0 Å². The SMILES string of the molecule is CC(C)[C@@H]1CC[C@@H](C)C[C@@H]1OC(=O)NCC1CCCO1. The maximum absolute atomic E-state index is 12.0. The van der Waals surface area contributed by atoms with E-state index < -0.39 is 0 Å². The van der Waals surface area contributed by atoms with Crippen molar-refractivity contribution in [2.45, 2.75) is 65.1 Å². The molecule has 0 bridgehead atoms. The minimum absolute atomic E-state index is 0.0725. The summed E-state index contributed by atoms with van der Waals surface area (Å²) < 4.78 is 11.2. The van der Waals surface area contributed by atoms with Gasteiger partial charge < -0.3 is 14.8 Å². The van der Waals surface area contributed by atoms with Gasteiger partial charge >= 0.3 is 6.09 Å². The summed E-state index contributed by atoms with van der Waals surface area (Å²) in [5.41, 5.74) is 0. The Morgan fingerprint density at radius 2 is 2.15 bits per heavy atom. The van der Waals surface area contributed by atoms with Crippen molar-refractivity contribution in [1.82, 2.24) is 5.32 Å². The molecule has 0 radical (unpaired) electrons. The second kappa shape index (κ2) is 7.30. The van der Waals surface area contributed by atoms with E-state index in [0.29, 0.717) is 24.3 Å². The zero-order valence-electron chi connectivity index (χ0n) is 13.1. The molecule has 1 N–H and O–H groups in total. The van der Waals surface area contributed by atoms with Crippen molar-refractivity contribution in [3.63, 3.8) is 0 Å². The molecule has 1 saturated heterocycles. The molecule has 4 heteroatoms. The van der Waals surface area contributed by atoms with Crippen LogP contribution < -0.4 is 5.32 Å². The monoisotopic (exact) mass is 283 g/mol. The van der Waals surface area contributed by atoms with E-state index in [0.717, 1.165) is 25.9 Å². The fourth-order valence-electron chi connectivity index (χ4n) is 3.43. The van der Waals surface area contributed by atoms with Crippen molar-refractivity contribution in [2.24, 2.45) is 17.8 Å². The summed E-state index contributed by atoms with van der Waals surface area (Å²) in [5.74, 6) is 1.72. The van der Waals surface area contributed by atoms with Gasteiger partial charge in [-0.1, -0.05) is 27.2 Å². The Labute approximate surface area is 122 Å². The van der Waals surface area contributed by atoms with Gasteiger partial charge in [0.05, 0.1) is 6.10 Å². The molecule has 1 amide bonds. The summed E-state index contributed by atoms with van der Waals surface area (Å²) in [6.45, 7) is 8.09. The van der Waals surface area contributed by atoms with Crippen LogP contribution in [0.4, 0.5) is 4.79 Å². The number of ether oxygens (including phenoxy) is 2. The van der Waals surface area contributed by atoms with Gasteiger partial charge in [0.15, 0.2) is 0 Å². The highest BCUT2D eigenvalue weighted by atomic mass is 16.6. The van der Waals surface area contributed by atoms with Gasteiger partial charge in [0.2, 0.25) is 0 Å². The summed E-state index contributed by atoms with van der Waals surface area (Å²) >= 11 is 0. The predicted molar refractivity (Wildman–Crippen MR) is 78.6 cm³/mol. The number of rotatable bonds is 4. The minimum atomic E-state index is -0.273. The predicted octanol–water partition coefficient (Wildman–Crippen LogP) is 3.35. The van der Waals surface area contributed by atoms with Crippen molar-refractivity contribution in [3.8, 4) is 0 Å². The van der Waals surface area contributed by atoms with Gasteiger partial charge in [0, 0.05) is 13.2 Å². The normalized spacial score (nSPS) is 34.2. The van der Waals surface area contributed by atoms with E-state index in [1.54, 1.807) is 0 Å². The summed E-state index contributed by atoms with van der Waals surface area (Å²) in [6.07, 6.45) is 5.52. The summed E-state index contributed by atoms with van der Waals surface area (Å²) in [5, 5.41) is 2.86. The average Bonchev–Trinajstić information content (AvgIpc) is 2.89. The lowest BCUT2D eigenvalue weighted by Gasteiger charge is -2.36. The highest BCUT2D eigenvalue weighted by Gasteiger charge is 2.33. The van der Waals surface area contributed by atoms with E-state index in [1.807, 2.05) is 0 Å². The first-order chi connectivity index (χ1) is 9.56. The Balaban J connectivity index is 1.77. The maximum Gasteiger partial charge on any atom is 0.407 e. The van der Waals surface area contributed by atoms with Crippen LogP contribution in [0.2, 0.25) is 0 Å². The van der Waals surface area contributed by atoms with Crippen LogP contribution in [0, 0.1) is 17.8 Å². The number of amides is 1. The third-order valence-electron chi connectivity index (χ3n) is 4.72. The van der Waals surface area contributed by atoms with E-state index in [4.69, 9.17) is 9.47 Å². The molecule has 1 unspecified atom stereocenters. The third kappa shape index (κ3) is 4.37. The molecule has 1 heterocycles. The van der Waals surface area contributed by atoms with Gasteiger partial charge in [-0.25, -0.2) is 4.79 Å². The molecule has 0 aromatic carbocycles. The Hall–Kier alpha value is -0.770. The largest absolute Gasteiger partial charge is 0.446 e. The van der Waals surface area contributed by atoms with Crippen molar-refractivity contribution in [2.75, 3.05) is 13.2 Å². The molecule has 0 aromatic heterocycles. The van der Waals surface area contributed by atoms with Gasteiger partial charge in [-0.3, -0.25) is 0 Å². The lowest BCUT2D eigenvalue weighted by Crippen LogP contribution is -2.40. The number of nitrogens with one attached hydrogen (secondary N) is 1. The summed E-state index contributed by atoms with van der Waals surface area (Å²) in [7, 11) is 0. The highest BCUT2D eigenvalue weighted by molar-refractivity contribution is 5.67. The Morgan fingerprint density at radius 1 is 1.35 bits per heavy atom. The van der Waals surface area contributed by atoms with Gasteiger partial charge in [-0.2, -0.15) is 0 Å². The third-order valence-corrected chi connectivity index (χ3v) is 4.72. The van der Waals surface area contributed by atoms with Crippen molar-refractivity contribution >= 4 is 6.09 Å². The lowest BCUT2D eigenvalue weighted by molar-refractivity contribution is 0.00431. The van der Waals surface area contributed by atoms with Gasteiger partial charge in [-0.05, 0) is 43.4 Å². The molecule has 2 rings (SSSR count). The number of alkyl carbamates (subject to hydrolysis) is 1. The molecule has 2 fully saturated rings. The van der Waals surface area contributed by atoms with Gasteiger partial charge in [0.25, 0.3) is 0 Å². The first kappa shape index (κ1) is 15.6. The van der Waals surface area contributed by atoms with Crippen molar-refractivity contribution in [3.05, 3.63) is 0 Å². The molecule has 0 spiro atoms. The van der Waals surface area contributed by atoms with Crippen molar-refractivity contribution < 1.29 is 14.3 Å². The van der Waals surface area contributed by atoms with Gasteiger partial charge in [0.1, 0.15) is 6.10 Å². The van der Waals surface area contributed by atoms with E-state index in [-0.39, 0.29) is 18.3 Å². The first-order valence-corrected chi connectivity index (χ1v) is 8.12. The molecular formula is C16H29NO3. The first-order valence-electron chi connectivity index (χ1n) is 8.12. The van der Waals surface area contributed by atoms with E-state index in [2.05, 4.69) is 26.1 Å². The number of hydrogen-bond acceptors (Lipinski definition) is 3. The van der Waals surface area contributed by atoms with Crippen LogP contribution in [-0.2, 0) is 9.47 Å². The van der Waals surface area contributed by atoms with E-state index >= 15 is 0 Å². The van der Waals surface area contributed by atoms with E-state index in [1.165, 1.54) is 12.8 Å². The van der Waals surface area contributed by atoms with Crippen LogP contribution >= 0.6 is 0 Å². The second-order valence-electron chi connectivity index (χ2n) is 6.79. The molecule has 4 nitrogen and oxygen atoms in total. The maximum atomic E-state index is 12.0. The molecule has 116 valence electrons. The quantitative estimate of drug-likeness (QED) is 0.860. The lowest BCUT2D eigenvalue weighted by atomic mass is 9.75. The minimum Gasteiger partial charge on any atom is -0.446 e. The Kier molecular flexibility index (Phi) is 5.70. The fraction of sp³-hybridized carbons (Fsp3) is 0.938. The van der Waals surface area contributed by atoms with Crippen LogP contribution in [0.5, 0.6) is 0 Å². The molecule has 20 heavy (non-hydrogen) atoms. The molecular weight excluding hydrogens is 254 g/mol. The van der Waals surface area contributed by atoms with Crippen LogP contribution in [-0.4, -0.2) is 31.5 Å².